The lowest BCUT2D eigenvalue weighted by Gasteiger charge is -2.43. The number of benzene rings is 1. The van der Waals surface area contributed by atoms with E-state index in [4.69, 9.17) is 18.9 Å². The Kier molecular flexibility index (Phi) is 5.26. The summed E-state index contributed by atoms with van der Waals surface area (Å²) < 4.78 is 22.2. The Labute approximate surface area is 142 Å². The molecule has 6 heteroatoms. The van der Waals surface area contributed by atoms with Crippen LogP contribution in [0, 0.1) is 0 Å². The molecule has 132 valence electrons. The minimum absolute atomic E-state index is 0.118. The normalized spacial score (nSPS) is 20.0. The van der Waals surface area contributed by atoms with Crippen molar-refractivity contribution in [2.24, 2.45) is 0 Å². The molecule has 24 heavy (non-hydrogen) atoms. The number of ether oxygens (including phenoxy) is 4. The molecule has 0 aliphatic carbocycles. The van der Waals surface area contributed by atoms with E-state index in [0.717, 1.165) is 38.0 Å². The average Bonchev–Trinajstić information content (AvgIpc) is 2.62. The molecule has 0 saturated carbocycles. The lowest BCUT2D eigenvalue weighted by atomic mass is 10.0. The minimum Gasteiger partial charge on any atom is -0.493 e. The van der Waals surface area contributed by atoms with Crippen molar-refractivity contribution in [1.29, 1.82) is 0 Å². The van der Waals surface area contributed by atoms with E-state index in [1.54, 1.807) is 14.2 Å². The smallest absolute Gasteiger partial charge is 0.226 e. The lowest BCUT2D eigenvalue weighted by Crippen LogP contribution is -2.51. The molecule has 0 radical (unpaired) electrons. The maximum Gasteiger partial charge on any atom is 0.226 e. The number of hydrogen-bond acceptors (Lipinski definition) is 5. The van der Waals surface area contributed by atoms with Crippen LogP contribution in [0.2, 0.25) is 0 Å². The van der Waals surface area contributed by atoms with Gasteiger partial charge in [0.25, 0.3) is 0 Å². The SMILES string of the molecule is COc1ccc(CC(=O)N2CCC3(CC2)OCCCO3)cc1OC. The molecule has 2 saturated heterocycles. The molecule has 2 aliphatic rings. The van der Waals surface area contributed by atoms with E-state index >= 15 is 0 Å². The second kappa shape index (κ2) is 7.40. The van der Waals surface area contributed by atoms with Crippen molar-refractivity contribution < 1.29 is 23.7 Å². The van der Waals surface area contributed by atoms with Crippen molar-refractivity contribution in [3.8, 4) is 11.5 Å². The van der Waals surface area contributed by atoms with Crippen LogP contribution in [0.3, 0.4) is 0 Å². The van der Waals surface area contributed by atoms with E-state index in [9.17, 15) is 4.79 Å². The van der Waals surface area contributed by atoms with Gasteiger partial charge in [-0.15, -0.1) is 0 Å². The fraction of sp³-hybridized carbons (Fsp3) is 0.611. The summed E-state index contributed by atoms with van der Waals surface area (Å²) in [5.74, 6) is 0.968. The van der Waals surface area contributed by atoms with E-state index in [-0.39, 0.29) is 5.91 Å². The molecule has 0 unspecified atom stereocenters. The van der Waals surface area contributed by atoms with Crippen molar-refractivity contribution in [3.63, 3.8) is 0 Å². The van der Waals surface area contributed by atoms with Crippen molar-refractivity contribution in [3.05, 3.63) is 23.8 Å². The Morgan fingerprint density at radius 2 is 1.79 bits per heavy atom. The first-order valence-corrected chi connectivity index (χ1v) is 8.42. The molecule has 1 spiro atoms. The number of amides is 1. The third-order valence-corrected chi connectivity index (χ3v) is 4.70. The molecule has 0 atom stereocenters. The highest BCUT2D eigenvalue weighted by Crippen LogP contribution is 2.31. The molecule has 2 heterocycles. The maximum atomic E-state index is 12.6. The summed E-state index contributed by atoms with van der Waals surface area (Å²) in [6.07, 6.45) is 2.79. The van der Waals surface area contributed by atoms with Crippen LogP contribution in [0.4, 0.5) is 0 Å². The summed E-state index contributed by atoms with van der Waals surface area (Å²) in [6.45, 7) is 2.84. The molecule has 2 fully saturated rings. The second-order valence-electron chi connectivity index (χ2n) is 6.21. The fourth-order valence-electron chi connectivity index (χ4n) is 3.28. The average molecular weight is 335 g/mol. The number of hydrogen-bond donors (Lipinski definition) is 0. The molecule has 2 aliphatic heterocycles. The van der Waals surface area contributed by atoms with Gasteiger partial charge in [-0.05, 0) is 24.1 Å². The highest BCUT2D eigenvalue weighted by Gasteiger charge is 2.39. The molecule has 1 aromatic carbocycles. The van der Waals surface area contributed by atoms with Crippen molar-refractivity contribution >= 4 is 5.91 Å². The summed E-state index contributed by atoms with van der Waals surface area (Å²) >= 11 is 0. The van der Waals surface area contributed by atoms with Gasteiger partial charge in [0.05, 0.1) is 33.9 Å². The molecule has 6 nitrogen and oxygen atoms in total. The van der Waals surface area contributed by atoms with Gasteiger partial charge in [0.1, 0.15) is 0 Å². The number of methoxy groups -OCH3 is 2. The first kappa shape index (κ1) is 17.0. The van der Waals surface area contributed by atoms with Gasteiger partial charge in [0, 0.05) is 25.9 Å². The summed E-state index contributed by atoms with van der Waals surface area (Å²) in [4.78, 5) is 14.5. The number of carbonyl (C=O) groups is 1. The quantitative estimate of drug-likeness (QED) is 0.842. The molecular formula is C18H25NO5. The van der Waals surface area contributed by atoms with Crippen LogP contribution in [0.5, 0.6) is 11.5 Å². The van der Waals surface area contributed by atoms with Crippen LogP contribution < -0.4 is 9.47 Å². The summed E-state index contributed by atoms with van der Waals surface area (Å²) in [5.41, 5.74) is 0.920. The molecule has 0 aromatic heterocycles. The van der Waals surface area contributed by atoms with Crippen molar-refractivity contribution in [1.82, 2.24) is 4.90 Å². The van der Waals surface area contributed by atoms with Gasteiger partial charge < -0.3 is 23.8 Å². The summed E-state index contributed by atoms with van der Waals surface area (Å²) in [7, 11) is 3.19. The Hall–Kier alpha value is -1.79. The number of likely N-dealkylation sites (tertiary alicyclic amines) is 1. The largest absolute Gasteiger partial charge is 0.493 e. The Balaban J connectivity index is 1.58. The molecule has 1 amide bonds. The first-order chi connectivity index (χ1) is 11.7. The zero-order chi connectivity index (χ0) is 17.0. The summed E-state index contributed by atoms with van der Waals surface area (Å²) in [5, 5.41) is 0. The van der Waals surface area contributed by atoms with Gasteiger partial charge >= 0.3 is 0 Å². The number of piperidine rings is 1. The van der Waals surface area contributed by atoms with E-state index in [0.29, 0.717) is 31.0 Å². The Morgan fingerprint density at radius 3 is 2.42 bits per heavy atom. The van der Waals surface area contributed by atoms with Gasteiger partial charge in [-0.25, -0.2) is 0 Å². The van der Waals surface area contributed by atoms with Gasteiger partial charge in [-0.1, -0.05) is 6.07 Å². The fourth-order valence-corrected chi connectivity index (χ4v) is 3.28. The predicted molar refractivity (Wildman–Crippen MR) is 88.3 cm³/mol. The van der Waals surface area contributed by atoms with Crippen LogP contribution in [0.15, 0.2) is 18.2 Å². The number of carbonyl (C=O) groups excluding carboxylic acids is 1. The predicted octanol–water partition coefficient (Wildman–Crippen LogP) is 2.00. The van der Waals surface area contributed by atoms with E-state index < -0.39 is 5.79 Å². The zero-order valence-electron chi connectivity index (χ0n) is 14.4. The van der Waals surface area contributed by atoms with E-state index in [1.807, 2.05) is 23.1 Å². The minimum atomic E-state index is -0.460. The van der Waals surface area contributed by atoms with Crippen LogP contribution in [-0.4, -0.2) is 57.1 Å². The lowest BCUT2D eigenvalue weighted by molar-refractivity contribution is -0.282. The van der Waals surface area contributed by atoms with Gasteiger partial charge in [-0.2, -0.15) is 0 Å². The third kappa shape index (κ3) is 3.65. The van der Waals surface area contributed by atoms with E-state index in [1.165, 1.54) is 0 Å². The molecule has 0 bridgehead atoms. The summed E-state index contributed by atoms with van der Waals surface area (Å²) in [6, 6.07) is 5.59. The topological polar surface area (TPSA) is 57.2 Å². The van der Waals surface area contributed by atoms with Crippen molar-refractivity contribution in [2.75, 3.05) is 40.5 Å². The molecular weight excluding hydrogens is 310 g/mol. The van der Waals surface area contributed by atoms with Crippen LogP contribution in [0.25, 0.3) is 0 Å². The second-order valence-corrected chi connectivity index (χ2v) is 6.21. The van der Waals surface area contributed by atoms with Gasteiger partial charge in [-0.3, -0.25) is 4.79 Å². The maximum absolute atomic E-state index is 12.6. The Morgan fingerprint density at radius 1 is 1.12 bits per heavy atom. The molecule has 1 aromatic rings. The highest BCUT2D eigenvalue weighted by molar-refractivity contribution is 5.79. The zero-order valence-corrected chi connectivity index (χ0v) is 14.4. The molecule has 0 N–H and O–H groups in total. The molecule has 3 rings (SSSR count). The Bertz CT molecular complexity index is 573. The van der Waals surface area contributed by atoms with Crippen LogP contribution >= 0.6 is 0 Å². The van der Waals surface area contributed by atoms with Crippen LogP contribution in [0.1, 0.15) is 24.8 Å². The highest BCUT2D eigenvalue weighted by atomic mass is 16.7. The first-order valence-electron chi connectivity index (χ1n) is 8.42. The van der Waals surface area contributed by atoms with E-state index in [2.05, 4.69) is 0 Å². The standard InChI is InChI=1S/C18H25NO5/c1-21-15-5-4-14(12-16(15)22-2)13-17(20)19-8-6-18(7-9-19)23-10-3-11-24-18/h4-5,12H,3,6-11,13H2,1-2H3. The van der Waals surface area contributed by atoms with Crippen molar-refractivity contribution in [2.45, 2.75) is 31.5 Å². The monoisotopic (exact) mass is 335 g/mol. The van der Waals surface area contributed by atoms with Crippen LogP contribution in [-0.2, 0) is 20.7 Å². The number of nitrogens with zero attached hydrogens (tertiary/aromatic N) is 1. The third-order valence-electron chi connectivity index (χ3n) is 4.70. The van der Waals surface area contributed by atoms with Gasteiger partial charge in [0.2, 0.25) is 5.91 Å². The number of rotatable bonds is 4. The van der Waals surface area contributed by atoms with Gasteiger partial charge in [0.15, 0.2) is 17.3 Å².